The van der Waals surface area contributed by atoms with Crippen LogP contribution in [0.15, 0.2) is 122 Å². The molecule has 0 fully saturated rings. The zero-order valence-corrected chi connectivity index (χ0v) is 42.9. The van der Waals surface area contributed by atoms with E-state index in [1.807, 2.05) is 6.08 Å². The topological polar surface area (TPSA) is 61.8 Å². The predicted molar refractivity (Wildman–Crippen MR) is 288 cm³/mol. The first-order valence-corrected chi connectivity index (χ1v) is 27.1. The van der Waals surface area contributed by atoms with Crippen LogP contribution in [-0.2, 0) is 23.8 Å². The van der Waals surface area contributed by atoms with Gasteiger partial charge in [0.2, 0.25) is 0 Å². The number of hydrogen-bond donors (Lipinski definition) is 0. The van der Waals surface area contributed by atoms with Gasteiger partial charge in [0.15, 0.2) is 6.10 Å². The minimum Gasteiger partial charge on any atom is -0.462 e. The van der Waals surface area contributed by atoms with Crippen LogP contribution in [0.4, 0.5) is 0 Å². The molecule has 1 atom stereocenters. The Hall–Kier alpha value is -3.70. The maximum atomic E-state index is 12.8. The molecule has 0 aliphatic heterocycles. The Morgan fingerprint density at radius 2 is 0.712 bits per heavy atom. The summed E-state index contributed by atoms with van der Waals surface area (Å²) < 4.78 is 17.3. The normalized spacial score (nSPS) is 13.2. The number of rotatable bonds is 48. The Labute approximate surface area is 407 Å². The maximum Gasteiger partial charge on any atom is 0.306 e. The van der Waals surface area contributed by atoms with Crippen LogP contribution in [-0.4, -0.2) is 37.9 Å². The van der Waals surface area contributed by atoms with Crippen LogP contribution in [0.1, 0.15) is 226 Å². The molecule has 5 nitrogen and oxygen atoms in total. The van der Waals surface area contributed by atoms with Crippen molar-refractivity contribution in [3.8, 4) is 0 Å². The first-order valence-electron chi connectivity index (χ1n) is 27.1. The van der Waals surface area contributed by atoms with Crippen molar-refractivity contribution >= 4 is 11.9 Å². The standard InChI is InChI=1S/C61H100O5/c1-4-7-10-13-16-19-22-25-28-30-31-32-34-36-39-42-45-48-51-54-60(62)65-58-59(57-64-56-53-50-47-44-41-38-35-29-26-23-20-17-14-11-8-5-2)66-61(63)55-52-49-46-43-40-37-33-27-24-21-18-15-12-9-6-3/h7-8,10-11,16-17,19-20,25-29,31-33,36,39,45,48,59H,4-6,9,12-15,18,21-24,30,34-35,37-38,40-44,46-47,49-58H2,1-3H3/b10-7-,11-8-,19-16-,20-17-,28-25-,29-26-,32-31-,33-27-,39-36-,48-45-. The Morgan fingerprint density at radius 1 is 0.348 bits per heavy atom. The highest BCUT2D eigenvalue weighted by Crippen LogP contribution is 2.13. The second kappa shape index (κ2) is 55.6. The summed E-state index contributed by atoms with van der Waals surface area (Å²) in [5.41, 5.74) is 0. The summed E-state index contributed by atoms with van der Waals surface area (Å²) in [4.78, 5) is 25.4. The summed E-state index contributed by atoms with van der Waals surface area (Å²) in [6.45, 7) is 7.47. The van der Waals surface area contributed by atoms with E-state index in [2.05, 4.69) is 136 Å². The molecule has 0 rings (SSSR count). The van der Waals surface area contributed by atoms with Crippen molar-refractivity contribution in [2.45, 2.75) is 232 Å². The van der Waals surface area contributed by atoms with Gasteiger partial charge in [-0.2, -0.15) is 0 Å². The summed E-state index contributed by atoms with van der Waals surface area (Å²) in [6.07, 6.45) is 77.9. The largest absolute Gasteiger partial charge is 0.462 e. The number of unbranched alkanes of at least 4 members (excludes halogenated alkanes) is 17. The SMILES string of the molecule is CC/C=C\C/C=C\C/C=C\C/C=C\C/C=C\C/C=C\CCC(=O)OCC(COCCCCCCCC/C=C\C/C=C\C/C=C\CC)OC(=O)CCCCCCC/C=C\CCCCCCCC. The highest BCUT2D eigenvalue weighted by Gasteiger charge is 2.17. The minimum atomic E-state index is -0.586. The van der Waals surface area contributed by atoms with Gasteiger partial charge in [-0.05, 0) is 116 Å². The first kappa shape index (κ1) is 62.3. The van der Waals surface area contributed by atoms with Gasteiger partial charge in [0.05, 0.1) is 6.61 Å². The highest BCUT2D eigenvalue weighted by atomic mass is 16.6. The van der Waals surface area contributed by atoms with E-state index in [4.69, 9.17) is 14.2 Å². The third-order valence-corrected chi connectivity index (χ3v) is 11.0. The van der Waals surface area contributed by atoms with Gasteiger partial charge < -0.3 is 14.2 Å². The lowest BCUT2D eigenvalue weighted by molar-refractivity contribution is -0.162. The molecule has 0 bridgehead atoms. The van der Waals surface area contributed by atoms with E-state index in [1.54, 1.807) is 0 Å². The van der Waals surface area contributed by atoms with Gasteiger partial charge in [0.25, 0.3) is 0 Å². The van der Waals surface area contributed by atoms with Crippen LogP contribution in [0.2, 0.25) is 0 Å². The zero-order valence-electron chi connectivity index (χ0n) is 42.9. The van der Waals surface area contributed by atoms with Crippen LogP contribution >= 0.6 is 0 Å². The smallest absolute Gasteiger partial charge is 0.306 e. The Balaban J connectivity index is 4.45. The maximum absolute atomic E-state index is 12.8. The zero-order chi connectivity index (χ0) is 47.7. The number of esters is 2. The third kappa shape index (κ3) is 52.9. The molecule has 0 aliphatic rings. The molecule has 0 radical (unpaired) electrons. The van der Waals surface area contributed by atoms with Gasteiger partial charge in [-0.15, -0.1) is 0 Å². The van der Waals surface area contributed by atoms with Crippen molar-refractivity contribution in [2.24, 2.45) is 0 Å². The predicted octanol–water partition coefficient (Wildman–Crippen LogP) is 18.6. The van der Waals surface area contributed by atoms with Crippen molar-refractivity contribution in [3.05, 3.63) is 122 Å². The first-order chi connectivity index (χ1) is 32.6. The van der Waals surface area contributed by atoms with Gasteiger partial charge >= 0.3 is 11.9 Å². The van der Waals surface area contributed by atoms with Gasteiger partial charge in [-0.25, -0.2) is 0 Å². The number of carbonyl (C=O) groups excluding carboxylic acids is 2. The number of ether oxygens (including phenoxy) is 3. The number of carbonyl (C=O) groups is 2. The van der Waals surface area contributed by atoms with Crippen molar-refractivity contribution < 1.29 is 23.8 Å². The lowest BCUT2D eigenvalue weighted by Gasteiger charge is -2.18. The molecule has 0 saturated heterocycles. The molecule has 0 saturated carbocycles. The third-order valence-electron chi connectivity index (χ3n) is 11.0. The van der Waals surface area contributed by atoms with E-state index < -0.39 is 6.10 Å². The van der Waals surface area contributed by atoms with Crippen molar-refractivity contribution in [2.75, 3.05) is 19.8 Å². The fourth-order valence-electron chi connectivity index (χ4n) is 7.01. The van der Waals surface area contributed by atoms with E-state index in [-0.39, 0.29) is 25.2 Å². The van der Waals surface area contributed by atoms with Crippen LogP contribution in [0.3, 0.4) is 0 Å². The average Bonchev–Trinajstić information content (AvgIpc) is 3.32. The molecule has 0 aromatic carbocycles. The number of allylic oxidation sites excluding steroid dienone is 20. The average molecular weight is 913 g/mol. The Bertz CT molecular complexity index is 1350. The molecule has 0 heterocycles. The van der Waals surface area contributed by atoms with Crippen molar-refractivity contribution in [3.63, 3.8) is 0 Å². The van der Waals surface area contributed by atoms with Gasteiger partial charge in [0.1, 0.15) is 6.61 Å². The fraction of sp³-hybridized carbons (Fsp3) is 0.639. The van der Waals surface area contributed by atoms with Crippen LogP contribution < -0.4 is 0 Å². The summed E-state index contributed by atoms with van der Waals surface area (Å²) in [5, 5.41) is 0. The van der Waals surface area contributed by atoms with E-state index in [0.29, 0.717) is 25.9 Å². The minimum absolute atomic E-state index is 0.0295. The second-order valence-electron chi connectivity index (χ2n) is 17.4. The van der Waals surface area contributed by atoms with Crippen molar-refractivity contribution in [1.82, 2.24) is 0 Å². The molecule has 0 N–H and O–H groups in total. The van der Waals surface area contributed by atoms with Gasteiger partial charge in [-0.1, -0.05) is 219 Å². The molecular weight excluding hydrogens is 813 g/mol. The Morgan fingerprint density at radius 3 is 1.17 bits per heavy atom. The number of hydrogen-bond acceptors (Lipinski definition) is 5. The van der Waals surface area contributed by atoms with Gasteiger partial charge in [0, 0.05) is 19.4 Å². The molecule has 0 aromatic heterocycles. The molecule has 66 heavy (non-hydrogen) atoms. The summed E-state index contributed by atoms with van der Waals surface area (Å²) in [6, 6.07) is 0. The van der Waals surface area contributed by atoms with Crippen LogP contribution in [0, 0.1) is 0 Å². The van der Waals surface area contributed by atoms with E-state index in [0.717, 1.165) is 103 Å². The van der Waals surface area contributed by atoms with Crippen LogP contribution in [0.5, 0.6) is 0 Å². The van der Waals surface area contributed by atoms with Crippen LogP contribution in [0.25, 0.3) is 0 Å². The van der Waals surface area contributed by atoms with E-state index >= 15 is 0 Å². The van der Waals surface area contributed by atoms with E-state index in [9.17, 15) is 9.59 Å². The van der Waals surface area contributed by atoms with Crippen molar-refractivity contribution in [1.29, 1.82) is 0 Å². The molecule has 0 amide bonds. The Kier molecular flexibility index (Phi) is 52.5. The quantitative estimate of drug-likeness (QED) is 0.0346. The van der Waals surface area contributed by atoms with E-state index in [1.165, 1.54) is 83.5 Å². The molecule has 0 spiro atoms. The molecule has 0 aromatic rings. The fourth-order valence-corrected chi connectivity index (χ4v) is 7.01. The molecule has 0 aliphatic carbocycles. The second-order valence-corrected chi connectivity index (χ2v) is 17.4. The summed E-state index contributed by atoms with van der Waals surface area (Å²) >= 11 is 0. The summed E-state index contributed by atoms with van der Waals surface area (Å²) in [7, 11) is 0. The molecular formula is C61H100O5. The lowest BCUT2D eigenvalue weighted by Crippen LogP contribution is -2.30. The summed E-state index contributed by atoms with van der Waals surface area (Å²) in [5.74, 6) is -0.517. The monoisotopic (exact) mass is 913 g/mol. The lowest BCUT2D eigenvalue weighted by atomic mass is 10.1. The molecule has 374 valence electrons. The molecule has 1 unspecified atom stereocenters. The van der Waals surface area contributed by atoms with Gasteiger partial charge in [-0.3, -0.25) is 9.59 Å². The molecule has 5 heteroatoms. The highest BCUT2D eigenvalue weighted by molar-refractivity contribution is 5.70.